The first kappa shape index (κ1) is 25.8. The smallest absolute Gasteiger partial charge is 0.309 e. The maximum Gasteiger partial charge on any atom is 0.309 e. The number of halogens is 3. The lowest BCUT2D eigenvalue weighted by atomic mass is 10.0. The second-order valence-electron chi connectivity index (χ2n) is 8.53. The zero-order valence-electron chi connectivity index (χ0n) is 20.5. The monoisotopic (exact) mass is 543 g/mol. The number of aromatic nitrogens is 2. The summed E-state index contributed by atoms with van der Waals surface area (Å²) in [5.74, 6) is -1.72. The highest BCUT2D eigenvalue weighted by atomic mass is 35.5. The predicted molar refractivity (Wildman–Crippen MR) is 145 cm³/mol. The molecule has 1 amide bonds. The van der Waals surface area contributed by atoms with Crippen molar-refractivity contribution in [2.75, 3.05) is 5.32 Å². The van der Waals surface area contributed by atoms with E-state index in [4.69, 9.17) is 16.3 Å². The van der Waals surface area contributed by atoms with Crippen LogP contribution in [0.2, 0.25) is 5.02 Å². The van der Waals surface area contributed by atoms with Crippen LogP contribution in [0.1, 0.15) is 17.3 Å². The number of anilines is 1. The molecule has 5 aromatic rings. The molecule has 0 aliphatic carbocycles. The number of esters is 1. The Bertz CT molecular complexity index is 1670. The fraction of sp³-hybridized carbons (Fsp3) is 0.0333. The van der Waals surface area contributed by atoms with Crippen molar-refractivity contribution in [2.45, 2.75) is 6.92 Å². The van der Waals surface area contributed by atoms with E-state index in [9.17, 15) is 18.4 Å². The van der Waals surface area contributed by atoms with E-state index in [2.05, 4.69) is 10.4 Å². The van der Waals surface area contributed by atoms with Gasteiger partial charge in [0, 0.05) is 18.2 Å². The molecule has 0 aliphatic rings. The third kappa shape index (κ3) is 5.56. The zero-order valence-corrected chi connectivity index (χ0v) is 21.2. The van der Waals surface area contributed by atoms with Gasteiger partial charge in [-0.25, -0.2) is 8.78 Å². The Labute approximate surface area is 227 Å². The number of benzene rings is 4. The maximum atomic E-state index is 13.7. The second-order valence-corrected chi connectivity index (χ2v) is 8.94. The molecule has 6 nitrogen and oxygen atoms in total. The molecule has 0 atom stereocenters. The van der Waals surface area contributed by atoms with Gasteiger partial charge in [0.2, 0.25) is 5.88 Å². The minimum atomic E-state index is -0.589. The number of ether oxygens (including phenoxy) is 1. The number of carbonyl (C=O) groups is 2. The van der Waals surface area contributed by atoms with E-state index in [-0.39, 0.29) is 11.8 Å². The standard InChI is InChI=1S/C30H20ClF2N3O3/c1-18(37)39-30-27(19-8-14-23(15-9-19)34-29(38)25-4-2-3-5-26(25)31)28(20-6-10-21(32)11-7-20)35-36(30)24-16-12-22(33)13-17-24/h2-17H,1H3,(H,34,38). The number of rotatable bonds is 6. The average Bonchev–Trinajstić information content (AvgIpc) is 3.28. The van der Waals surface area contributed by atoms with Crippen molar-refractivity contribution in [2.24, 2.45) is 0 Å². The van der Waals surface area contributed by atoms with E-state index in [1.54, 1.807) is 60.7 Å². The van der Waals surface area contributed by atoms with Crippen molar-refractivity contribution >= 4 is 29.2 Å². The minimum absolute atomic E-state index is 0.0984. The highest BCUT2D eigenvalue weighted by molar-refractivity contribution is 6.34. The van der Waals surface area contributed by atoms with Crippen LogP contribution >= 0.6 is 11.6 Å². The Kier molecular flexibility index (Phi) is 7.21. The van der Waals surface area contributed by atoms with Crippen LogP contribution in [0.5, 0.6) is 5.88 Å². The molecule has 0 unspecified atom stereocenters. The van der Waals surface area contributed by atoms with Crippen molar-refractivity contribution in [3.8, 4) is 34.0 Å². The summed E-state index contributed by atoms with van der Waals surface area (Å²) in [5.41, 5.74) is 3.32. The molecule has 0 spiro atoms. The molecule has 194 valence electrons. The van der Waals surface area contributed by atoms with Gasteiger partial charge in [-0.15, -0.1) is 0 Å². The number of hydrogen-bond donors (Lipinski definition) is 1. The Morgan fingerprint density at radius 2 is 1.41 bits per heavy atom. The van der Waals surface area contributed by atoms with Gasteiger partial charge in [0.1, 0.15) is 17.3 Å². The molecule has 1 aromatic heterocycles. The number of hydrogen-bond acceptors (Lipinski definition) is 4. The van der Waals surface area contributed by atoms with Crippen molar-refractivity contribution in [1.29, 1.82) is 0 Å². The largest absolute Gasteiger partial charge is 0.407 e. The maximum absolute atomic E-state index is 13.7. The molecule has 5 rings (SSSR count). The van der Waals surface area contributed by atoms with E-state index in [0.717, 1.165) is 0 Å². The quantitative estimate of drug-likeness (QED) is 0.228. The Hall–Kier alpha value is -4.82. The van der Waals surface area contributed by atoms with E-state index >= 15 is 0 Å². The van der Waals surface area contributed by atoms with E-state index in [1.807, 2.05) is 0 Å². The molecular weight excluding hydrogens is 524 g/mol. The molecule has 1 heterocycles. The summed E-state index contributed by atoms with van der Waals surface area (Å²) in [6.45, 7) is 1.26. The van der Waals surface area contributed by atoms with Gasteiger partial charge in [0.05, 0.1) is 21.8 Å². The van der Waals surface area contributed by atoms with Gasteiger partial charge in [-0.1, -0.05) is 35.9 Å². The van der Waals surface area contributed by atoms with Crippen LogP contribution in [0.3, 0.4) is 0 Å². The molecule has 9 heteroatoms. The van der Waals surface area contributed by atoms with Gasteiger partial charge in [0.15, 0.2) is 0 Å². The van der Waals surface area contributed by atoms with Gasteiger partial charge < -0.3 is 10.1 Å². The lowest BCUT2D eigenvalue weighted by Gasteiger charge is -2.11. The highest BCUT2D eigenvalue weighted by Crippen LogP contribution is 2.41. The van der Waals surface area contributed by atoms with Gasteiger partial charge in [-0.3, -0.25) is 9.59 Å². The Balaban J connectivity index is 1.61. The van der Waals surface area contributed by atoms with Crippen LogP contribution in [0.15, 0.2) is 97.1 Å². The lowest BCUT2D eigenvalue weighted by molar-refractivity contribution is -0.132. The third-order valence-corrected chi connectivity index (χ3v) is 6.15. The Morgan fingerprint density at radius 3 is 2.03 bits per heavy atom. The summed E-state index contributed by atoms with van der Waals surface area (Å²) in [5, 5.41) is 7.80. The first-order chi connectivity index (χ1) is 18.8. The van der Waals surface area contributed by atoms with Crippen LogP contribution in [-0.2, 0) is 4.79 Å². The molecule has 1 N–H and O–H groups in total. The van der Waals surface area contributed by atoms with Crippen LogP contribution in [0.25, 0.3) is 28.1 Å². The molecule has 4 aromatic carbocycles. The number of nitrogens with one attached hydrogen (secondary N) is 1. The highest BCUT2D eigenvalue weighted by Gasteiger charge is 2.25. The van der Waals surface area contributed by atoms with Gasteiger partial charge in [-0.05, 0) is 78.4 Å². The first-order valence-electron chi connectivity index (χ1n) is 11.8. The summed E-state index contributed by atoms with van der Waals surface area (Å²) < 4.78 is 34.4. The van der Waals surface area contributed by atoms with Crippen molar-refractivity contribution in [3.05, 3.63) is 119 Å². The third-order valence-electron chi connectivity index (χ3n) is 5.82. The number of amides is 1. The van der Waals surface area contributed by atoms with Gasteiger partial charge >= 0.3 is 5.97 Å². The average molecular weight is 544 g/mol. The molecule has 0 fully saturated rings. The van der Waals surface area contributed by atoms with Crippen molar-refractivity contribution < 1.29 is 23.1 Å². The summed E-state index contributed by atoms with van der Waals surface area (Å²) >= 11 is 6.14. The predicted octanol–water partition coefficient (Wildman–Crippen LogP) is 7.32. The molecule has 0 saturated heterocycles. The minimum Gasteiger partial charge on any atom is -0.407 e. The fourth-order valence-corrected chi connectivity index (χ4v) is 4.25. The lowest BCUT2D eigenvalue weighted by Crippen LogP contribution is -2.12. The van der Waals surface area contributed by atoms with Gasteiger partial charge in [0.25, 0.3) is 5.91 Å². The van der Waals surface area contributed by atoms with Gasteiger partial charge in [-0.2, -0.15) is 9.78 Å². The summed E-state index contributed by atoms with van der Waals surface area (Å²) in [7, 11) is 0. The zero-order chi connectivity index (χ0) is 27.5. The van der Waals surface area contributed by atoms with Crippen LogP contribution < -0.4 is 10.1 Å². The molecular formula is C30H20ClF2N3O3. The van der Waals surface area contributed by atoms with E-state index < -0.39 is 17.6 Å². The van der Waals surface area contributed by atoms with E-state index in [1.165, 1.54) is 48.0 Å². The summed E-state index contributed by atoms with van der Waals surface area (Å²) in [6.07, 6.45) is 0. The van der Waals surface area contributed by atoms with Crippen LogP contribution in [-0.4, -0.2) is 21.7 Å². The number of carbonyl (C=O) groups excluding carboxylic acids is 2. The molecule has 0 radical (unpaired) electrons. The second kappa shape index (κ2) is 10.9. The van der Waals surface area contributed by atoms with Crippen LogP contribution in [0.4, 0.5) is 14.5 Å². The van der Waals surface area contributed by atoms with E-state index in [0.29, 0.717) is 44.3 Å². The molecule has 0 aliphatic heterocycles. The van der Waals surface area contributed by atoms with Crippen molar-refractivity contribution in [1.82, 2.24) is 9.78 Å². The normalized spacial score (nSPS) is 10.8. The van der Waals surface area contributed by atoms with Crippen molar-refractivity contribution in [3.63, 3.8) is 0 Å². The molecule has 0 saturated carbocycles. The fourth-order valence-electron chi connectivity index (χ4n) is 4.02. The Morgan fingerprint density at radius 1 is 0.821 bits per heavy atom. The van der Waals surface area contributed by atoms with Crippen LogP contribution in [0, 0.1) is 11.6 Å². The summed E-state index contributed by atoms with van der Waals surface area (Å²) in [4.78, 5) is 24.8. The topological polar surface area (TPSA) is 73.2 Å². The molecule has 39 heavy (non-hydrogen) atoms. The first-order valence-corrected chi connectivity index (χ1v) is 12.2. The molecule has 0 bridgehead atoms. The SMILES string of the molecule is CC(=O)Oc1c(-c2ccc(NC(=O)c3ccccc3Cl)cc2)c(-c2ccc(F)cc2)nn1-c1ccc(F)cc1. The summed E-state index contributed by atoms with van der Waals surface area (Å²) in [6, 6.07) is 24.8. The number of nitrogens with zero attached hydrogens (tertiary/aromatic N) is 2.